The number of ether oxygens (including phenoxy) is 1. The normalized spacial score (nSPS) is 12.1. The van der Waals surface area contributed by atoms with Crippen molar-refractivity contribution >= 4 is 22.5 Å². The monoisotopic (exact) mass is 274 g/mol. The van der Waals surface area contributed by atoms with Crippen molar-refractivity contribution in [1.82, 2.24) is 5.32 Å². The van der Waals surface area contributed by atoms with Crippen LogP contribution in [0.1, 0.15) is 0 Å². The smallest absolute Gasteiger partial charge is 0.319 e. The Balaban J connectivity index is 2.10. The Bertz CT molecular complexity index is 581. The maximum atomic E-state index is 11.9. The van der Waals surface area contributed by atoms with Gasteiger partial charge in [0.15, 0.2) is 0 Å². The molecule has 20 heavy (non-hydrogen) atoms. The van der Waals surface area contributed by atoms with E-state index in [1.54, 1.807) is 0 Å². The lowest BCUT2D eigenvalue weighted by atomic mass is 10.1. The van der Waals surface area contributed by atoms with Gasteiger partial charge in [-0.15, -0.1) is 0 Å². The van der Waals surface area contributed by atoms with Crippen LogP contribution in [-0.4, -0.2) is 37.5 Å². The first-order valence-corrected chi connectivity index (χ1v) is 6.39. The molecule has 2 rings (SSSR count). The molecule has 0 fully saturated rings. The van der Waals surface area contributed by atoms with E-state index in [2.05, 4.69) is 10.6 Å². The van der Waals surface area contributed by atoms with E-state index >= 15 is 0 Å². The lowest BCUT2D eigenvalue weighted by Gasteiger charge is -2.16. The molecule has 0 aliphatic carbocycles. The predicted octanol–water partition coefficient (Wildman–Crippen LogP) is 1.97. The Labute approximate surface area is 117 Å². The number of fused-ring (bicyclic) bond motifs is 1. The van der Waals surface area contributed by atoms with Gasteiger partial charge in [-0.25, -0.2) is 4.79 Å². The first kappa shape index (κ1) is 14.3. The number of aliphatic hydroxyl groups is 1. The van der Waals surface area contributed by atoms with Crippen LogP contribution in [0.25, 0.3) is 10.8 Å². The number of hydrogen-bond acceptors (Lipinski definition) is 3. The van der Waals surface area contributed by atoms with Gasteiger partial charge in [0.1, 0.15) is 0 Å². The third-order valence-corrected chi connectivity index (χ3v) is 2.96. The molecule has 0 saturated carbocycles. The van der Waals surface area contributed by atoms with E-state index in [0.717, 1.165) is 16.5 Å². The van der Waals surface area contributed by atoms with Gasteiger partial charge < -0.3 is 20.5 Å². The summed E-state index contributed by atoms with van der Waals surface area (Å²) in [5.41, 5.74) is 0.731. The molecule has 2 aromatic carbocycles. The van der Waals surface area contributed by atoms with E-state index in [1.807, 2.05) is 42.5 Å². The summed E-state index contributed by atoms with van der Waals surface area (Å²) < 4.78 is 4.91. The third-order valence-electron chi connectivity index (χ3n) is 2.96. The first-order valence-electron chi connectivity index (χ1n) is 6.39. The second-order valence-corrected chi connectivity index (χ2v) is 4.46. The first-order chi connectivity index (χ1) is 9.74. The molecule has 106 valence electrons. The Morgan fingerprint density at radius 3 is 2.75 bits per heavy atom. The van der Waals surface area contributed by atoms with Gasteiger partial charge in [0.2, 0.25) is 0 Å². The zero-order chi connectivity index (χ0) is 14.4. The van der Waals surface area contributed by atoms with E-state index < -0.39 is 6.04 Å². The minimum Gasteiger partial charge on any atom is -0.394 e. The average Bonchev–Trinajstić information content (AvgIpc) is 2.47. The summed E-state index contributed by atoms with van der Waals surface area (Å²) >= 11 is 0. The van der Waals surface area contributed by atoms with Crippen molar-refractivity contribution in [3.05, 3.63) is 42.5 Å². The SMILES string of the molecule is COCC(CO)NC(=O)Nc1cccc2ccccc12. The van der Waals surface area contributed by atoms with Crippen LogP contribution >= 0.6 is 0 Å². The highest BCUT2D eigenvalue weighted by Gasteiger charge is 2.11. The molecule has 5 heteroatoms. The summed E-state index contributed by atoms with van der Waals surface area (Å²) in [4.78, 5) is 11.9. The molecule has 1 atom stereocenters. The fraction of sp³-hybridized carbons (Fsp3) is 0.267. The predicted molar refractivity (Wildman–Crippen MR) is 78.9 cm³/mol. The fourth-order valence-electron chi connectivity index (χ4n) is 2.02. The second kappa shape index (κ2) is 6.88. The lowest BCUT2D eigenvalue weighted by Crippen LogP contribution is -2.42. The number of hydrogen-bond donors (Lipinski definition) is 3. The van der Waals surface area contributed by atoms with Crippen LogP contribution in [0.5, 0.6) is 0 Å². The van der Waals surface area contributed by atoms with E-state index in [0.29, 0.717) is 0 Å². The largest absolute Gasteiger partial charge is 0.394 e. The molecule has 0 aliphatic heterocycles. The van der Waals surface area contributed by atoms with Gasteiger partial charge in [-0.2, -0.15) is 0 Å². The van der Waals surface area contributed by atoms with Crippen LogP contribution in [0, 0.1) is 0 Å². The molecule has 0 heterocycles. The molecule has 0 spiro atoms. The van der Waals surface area contributed by atoms with Crippen molar-refractivity contribution in [1.29, 1.82) is 0 Å². The van der Waals surface area contributed by atoms with E-state index in [9.17, 15) is 4.79 Å². The summed E-state index contributed by atoms with van der Waals surface area (Å²) in [6, 6.07) is 12.7. The van der Waals surface area contributed by atoms with E-state index in [4.69, 9.17) is 9.84 Å². The van der Waals surface area contributed by atoms with Crippen LogP contribution < -0.4 is 10.6 Å². The summed E-state index contributed by atoms with van der Waals surface area (Å²) in [5.74, 6) is 0. The molecule has 0 aromatic heterocycles. The Kier molecular flexibility index (Phi) is 4.92. The number of methoxy groups -OCH3 is 1. The zero-order valence-electron chi connectivity index (χ0n) is 11.3. The van der Waals surface area contributed by atoms with Crippen LogP contribution in [-0.2, 0) is 4.74 Å². The Morgan fingerprint density at radius 1 is 1.25 bits per heavy atom. The molecule has 5 nitrogen and oxygen atoms in total. The van der Waals surface area contributed by atoms with E-state index in [1.165, 1.54) is 7.11 Å². The number of nitrogens with one attached hydrogen (secondary N) is 2. The molecule has 0 aliphatic rings. The number of rotatable bonds is 5. The second-order valence-electron chi connectivity index (χ2n) is 4.46. The van der Waals surface area contributed by atoms with Gasteiger partial charge in [0.25, 0.3) is 0 Å². The number of carbonyl (C=O) groups excluding carboxylic acids is 1. The summed E-state index contributed by atoms with van der Waals surface area (Å²) in [6.45, 7) is 0.0935. The third kappa shape index (κ3) is 3.46. The molecule has 0 radical (unpaired) electrons. The number of benzene rings is 2. The summed E-state index contributed by atoms with van der Waals surface area (Å²) in [7, 11) is 1.52. The van der Waals surface area contributed by atoms with Crippen molar-refractivity contribution in [2.45, 2.75) is 6.04 Å². The van der Waals surface area contributed by atoms with Gasteiger partial charge in [0.05, 0.1) is 24.9 Å². The highest BCUT2D eigenvalue weighted by Crippen LogP contribution is 2.22. The topological polar surface area (TPSA) is 70.6 Å². The number of anilines is 1. The number of carbonyl (C=O) groups is 1. The minimum absolute atomic E-state index is 0.170. The van der Waals surface area contributed by atoms with Gasteiger partial charge in [-0.05, 0) is 11.5 Å². The Morgan fingerprint density at radius 2 is 2.00 bits per heavy atom. The highest BCUT2D eigenvalue weighted by molar-refractivity contribution is 6.01. The highest BCUT2D eigenvalue weighted by atomic mass is 16.5. The van der Waals surface area contributed by atoms with Gasteiger partial charge in [-0.1, -0.05) is 36.4 Å². The van der Waals surface area contributed by atoms with E-state index in [-0.39, 0.29) is 19.2 Å². The number of amides is 2. The van der Waals surface area contributed by atoms with Crippen LogP contribution in [0.15, 0.2) is 42.5 Å². The molecular formula is C15H18N2O3. The maximum Gasteiger partial charge on any atom is 0.319 e. The van der Waals surface area contributed by atoms with Crippen molar-refractivity contribution in [2.75, 3.05) is 25.6 Å². The van der Waals surface area contributed by atoms with Crippen molar-refractivity contribution in [3.63, 3.8) is 0 Å². The average molecular weight is 274 g/mol. The molecule has 1 unspecified atom stereocenters. The number of aliphatic hydroxyl groups excluding tert-OH is 1. The molecule has 2 amide bonds. The van der Waals surface area contributed by atoms with Crippen LogP contribution in [0.2, 0.25) is 0 Å². The van der Waals surface area contributed by atoms with Crippen molar-refractivity contribution in [3.8, 4) is 0 Å². The molecular weight excluding hydrogens is 256 g/mol. The number of urea groups is 1. The Hall–Kier alpha value is -2.11. The summed E-state index contributed by atoms with van der Waals surface area (Å²) in [5, 5.41) is 16.6. The molecule has 0 bridgehead atoms. The molecule has 2 aromatic rings. The van der Waals surface area contributed by atoms with Gasteiger partial charge >= 0.3 is 6.03 Å². The fourth-order valence-corrected chi connectivity index (χ4v) is 2.02. The summed E-state index contributed by atoms with van der Waals surface area (Å²) in [6.07, 6.45) is 0. The van der Waals surface area contributed by atoms with Crippen LogP contribution in [0.3, 0.4) is 0 Å². The standard InChI is InChI=1S/C15H18N2O3/c1-20-10-12(9-18)16-15(19)17-14-8-4-6-11-5-2-3-7-13(11)14/h2-8,12,18H,9-10H2,1H3,(H2,16,17,19). The maximum absolute atomic E-state index is 11.9. The van der Waals surface area contributed by atoms with Crippen molar-refractivity contribution < 1.29 is 14.6 Å². The van der Waals surface area contributed by atoms with Crippen LogP contribution in [0.4, 0.5) is 10.5 Å². The quantitative estimate of drug-likeness (QED) is 0.780. The zero-order valence-corrected chi connectivity index (χ0v) is 11.3. The minimum atomic E-state index is -0.421. The van der Waals surface area contributed by atoms with Crippen molar-refractivity contribution in [2.24, 2.45) is 0 Å². The van der Waals surface area contributed by atoms with Gasteiger partial charge in [-0.3, -0.25) is 0 Å². The molecule has 0 saturated heterocycles. The van der Waals surface area contributed by atoms with Gasteiger partial charge in [0, 0.05) is 12.5 Å². The molecule has 3 N–H and O–H groups in total. The lowest BCUT2D eigenvalue weighted by molar-refractivity contribution is 0.132.